The molecule has 1 atom stereocenters. The topological polar surface area (TPSA) is 112 Å². The molecule has 164 valence electrons. The lowest BCUT2D eigenvalue weighted by atomic mass is 9.68. The van der Waals surface area contributed by atoms with Gasteiger partial charge in [0.25, 0.3) is 0 Å². The first kappa shape index (κ1) is 20.4. The minimum absolute atomic E-state index is 0.0226. The number of carbonyl (C=O) groups is 2. The Hall–Kier alpha value is -4.51. The van der Waals surface area contributed by atoms with E-state index in [0.29, 0.717) is 16.6 Å². The number of terminal acetylenes is 1. The second-order valence-corrected chi connectivity index (χ2v) is 7.51. The Morgan fingerprint density at radius 1 is 1.18 bits per heavy atom. The molecular weight excluding hydrogens is 424 g/mol. The van der Waals surface area contributed by atoms with Gasteiger partial charge in [-0.3, -0.25) is 9.69 Å². The highest BCUT2D eigenvalue weighted by atomic mass is 16.5. The molecule has 2 aliphatic rings. The fraction of sp³-hybridized carbons (Fsp3) is 0.160. The average molecular weight is 442 g/mol. The Morgan fingerprint density at radius 3 is 2.67 bits per heavy atom. The number of para-hydroxylation sites is 2. The van der Waals surface area contributed by atoms with Gasteiger partial charge in [-0.1, -0.05) is 36.3 Å². The molecule has 3 heterocycles. The average Bonchev–Trinajstić information content (AvgIpc) is 3.03. The van der Waals surface area contributed by atoms with Crippen molar-refractivity contribution in [2.75, 3.05) is 18.1 Å². The summed E-state index contributed by atoms with van der Waals surface area (Å²) in [4.78, 5) is 42.1. The SMILES string of the molecule is C#CCN1C(=O)C2(C(C(=O)OCC)=C(N)Oc3c2c(=O)oc2ccccc32)c2ccccc21. The van der Waals surface area contributed by atoms with Crippen molar-refractivity contribution in [2.24, 2.45) is 5.73 Å². The molecule has 0 fully saturated rings. The molecular formula is C25H18N2O6. The molecule has 3 aromatic rings. The first-order valence-corrected chi connectivity index (χ1v) is 10.2. The van der Waals surface area contributed by atoms with Gasteiger partial charge >= 0.3 is 11.6 Å². The van der Waals surface area contributed by atoms with Crippen LogP contribution >= 0.6 is 0 Å². The van der Waals surface area contributed by atoms with E-state index in [1.54, 1.807) is 55.5 Å². The Balaban J connectivity index is 1.98. The number of nitrogens with zero attached hydrogens (tertiary/aromatic N) is 1. The summed E-state index contributed by atoms with van der Waals surface area (Å²) in [5.41, 5.74) is 4.15. The Kier molecular flexibility index (Phi) is 4.50. The third kappa shape index (κ3) is 2.56. The molecule has 0 radical (unpaired) electrons. The fourth-order valence-corrected chi connectivity index (χ4v) is 4.66. The molecule has 33 heavy (non-hydrogen) atoms. The maximum atomic E-state index is 14.1. The molecule has 0 aliphatic carbocycles. The van der Waals surface area contributed by atoms with Gasteiger partial charge in [0.1, 0.15) is 22.1 Å². The normalized spacial score (nSPS) is 18.7. The summed E-state index contributed by atoms with van der Waals surface area (Å²) in [7, 11) is 0. The van der Waals surface area contributed by atoms with Crippen molar-refractivity contribution in [2.45, 2.75) is 12.3 Å². The van der Waals surface area contributed by atoms with Crippen LogP contribution in [0.25, 0.3) is 11.0 Å². The van der Waals surface area contributed by atoms with Crippen molar-refractivity contribution < 1.29 is 23.5 Å². The fourth-order valence-electron chi connectivity index (χ4n) is 4.66. The summed E-state index contributed by atoms with van der Waals surface area (Å²) >= 11 is 0. The van der Waals surface area contributed by atoms with E-state index in [4.69, 9.17) is 26.0 Å². The number of amides is 1. The van der Waals surface area contributed by atoms with Crippen molar-refractivity contribution in [3.63, 3.8) is 0 Å². The number of benzene rings is 2. The molecule has 8 heteroatoms. The largest absolute Gasteiger partial charge is 0.462 e. The summed E-state index contributed by atoms with van der Waals surface area (Å²) in [5.74, 6) is 0.696. The van der Waals surface area contributed by atoms with Crippen LogP contribution in [0, 0.1) is 12.3 Å². The van der Waals surface area contributed by atoms with Crippen molar-refractivity contribution >= 4 is 28.5 Å². The highest BCUT2D eigenvalue weighted by molar-refractivity contribution is 6.19. The molecule has 2 N–H and O–H groups in total. The van der Waals surface area contributed by atoms with E-state index in [9.17, 15) is 14.4 Å². The second-order valence-electron chi connectivity index (χ2n) is 7.51. The van der Waals surface area contributed by atoms with Crippen LogP contribution in [-0.4, -0.2) is 25.0 Å². The maximum Gasteiger partial charge on any atom is 0.345 e. The lowest BCUT2D eigenvalue weighted by molar-refractivity contribution is -0.140. The van der Waals surface area contributed by atoms with E-state index in [0.717, 1.165) is 0 Å². The molecule has 1 spiro atoms. The minimum Gasteiger partial charge on any atom is -0.462 e. The molecule has 2 aliphatic heterocycles. The quantitative estimate of drug-likeness (QED) is 0.376. The number of carbonyl (C=O) groups excluding carboxylic acids is 2. The molecule has 1 unspecified atom stereocenters. The summed E-state index contributed by atoms with van der Waals surface area (Å²) in [6.45, 7) is 1.56. The lowest BCUT2D eigenvalue weighted by Crippen LogP contribution is -2.51. The van der Waals surface area contributed by atoms with Gasteiger partial charge in [0.15, 0.2) is 5.75 Å². The highest BCUT2D eigenvalue weighted by Gasteiger charge is 2.63. The molecule has 2 aromatic carbocycles. The van der Waals surface area contributed by atoms with E-state index in [2.05, 4.69) is 5.92 Å². The van der Waals surface area contributed by atoms with Gasteiger partial charge in [-0.2, -0.15) is 0 Å². The molecule has 0 saturated heterocycles. The summed E-state index contributed by atoms with van der Waals surface area (Å²) < 4.78 is 16.6. The Bertz CT molecular complexity index is 1480. The van der Waals surface area contributed by atoms with Crippen LogP contribution in [0.2, 0.25) is 0 Å². The molecule has 1 aromatic heterocycles. The standard InChI is InChI=1S/C25H18N2O6/c1-3-13-27-16-11-7-6-10-15(16)25(24(27)30)18-20(33-21(26)19(25)22(28)31-4-2)14-9-5-8-12-17(14)32-23(18)29/h1,5-12H,4,13,26H2,2H3. The smallest absolute Gasteiger partial charge is 0.345 e. The molecule has 1 amide bonds. The molecule has 5 rings (SSSR count). The van der Waals surface area contributed by atoms with Gasteiger partial charge in [-0.15, -0.1) is 6.42 Å². The van der Waals surface area contributed by atoms with Gasteiger partial charge in [-0.25, -0.2) is 9.59 Å². The minimum atomic E-state index is -1.94. The zero-order chi connectivity index (χ0) is 23.3. The Labute approximate surface area is 188 Å². The monoisotopic (exact) mass is 442 g/mol. The van der Waals surface area contributed by atoms with Crippen molar-refractivity contribution in [3.8, 4) is 18.1 Å². The molecule has 8 nitrogen and oxygen atoms in total. The number of esters is 1. The van der Waals surface area contributed by atoms with Gasteiger partial charge in [-0.05, 0) is 25.1 Å². The number of fused-ring (bicyclic) bond motifs is 6. The first-order chi connectivity index (χ1) is 16.0. The van der Waals surface area contributed by atoms with Crippen LogP contribution < -0.4 is 21.0 Å². The number of nitrogens with two attached hydrogens (primary N) is 1. The number of anilines is 1. The zero-order valence-electron chi connectivity index (χ0n) is 17.6. The lowest BCUT2D eigenvalue weighted by Gasteiger charge is -2.35. The van der Waals surface area contributed by atoms with Crippen molar-refractivity contribution in [1.82, 2.24) is 0 Å². The van der Waals surface area contributed by atoms with Gasteiger partial charge in [0.2, 0.25) is 11.8 Å². The maximum absolute atomic E-state index is 14.1. The van der Waals surface area contributed by atoms with E-state index < -0.39 is 22.9 Å². The predicted octanol–water partition coefficient (Wildman–Crippen LogP) is 2.18. The van der Waals surface area contributed by atoms with Crippen LogP contribution in [0.15, 0.2) is 69.2 Å². The number of ether oxygens (including phenoxy) is 2. The third-order valence-electron chi connectivity index (χ3n) is 5.87. The van der Waals surface area contributed by atoms with E-state index in [-0.39, 0.29) is 41.5 Å². The highest BCUT2D eigenvalue weighted by Crippen LogP contribution is 2.55. The molecule has 0 saturated carbocycles. The van der Waals surface area contributed by atoms with Gasteiger partial charge < -0.3 is 19.6 Å². The number of rotatable bonds is 3. The molecule has 0 bridgehead atoms. The summed E-state index contributed by atoms with van der Waals surface area (Å²) in [6, 6.07) is 13.5. The van der Waals surface area contributed by atoms with E-state index >= 15 is 0 Å². The number of hydrogen-bond acceptors (Lipinski definition) is 7. The van der Waals surface area contributed by atoms with Crippen LogP contribution in [0.1, 0.15) is 18.1 Å². The third-order valence-corrected chi connectivity index (χ3v) is 5.87. The zero-order valence-corrected chi connectivity index (χ0v) is 17.6. The second kappa shape index (κ2) is 7.28. The first-order valence-electron chi connectivity index (χ1n) is 10.2. The van der Waals surface area contributed by atoms with Crippen LogP contribution in [-0.2, 0) is 19.7 Å². The van der Waals surface area contributed by atoms with E-state index in [1.165, 1.54) is 4.90 Å². The van der Waals surface area contributed by atoms with Crippen molar-refractivity contribution in [3.05, 3.63) is 81.5 Å². The van der Waals surface area contributed by atoms with Gasteiger partial charge in [0.05, 0.1) is 18.5 Å². The summed E-state index contributed by atoms with van der Waals surface area (Å²) in [5, 5.41) is 0.429. The summed E-state index contributed by atoms with van der Waals surface area (Å²) in [6.07, 6.45) is 5.54. The number of hydrogen-bond donors (Lipinski definition) is 1. The Morgan fingerprint density at radius 2 is 1.91 bits per heavy atom. The van der Waals surface area contributed by atoms with E-state index in [1.807, 2.05) is 0 Å². The predicted molar refractivity (Wildman–Crippen MR) is 119 cm³/mol. The van der Waals surface area contributed by atoms with Crippen LogP contribution in [0.5, 0.6) is 5.75 Å². The van der Waals surface area contributed by atoms with Crippen LogP contribution in [0.4, 0.5) is 5.69 Å². The van der Waals surface area contributed by atoms with Crippen molar-refractivity contribution in [1.29, 1.82) is 0 Å². The van der Waals surface area contributed by atoms with Crippen LogP contribution in [0.3, 0.4) is 0 Å². The van der Waals surface area contributed by atoms with Gasteiger partial charge in [0, 0.05) is 11.3 Å².